The maximum absolute atomic E-state index is 11.7. The number of carboxylic acids is 1. The molecule has 1 saturated carbocycles. The third-order valence-electron chi connectivity index (χ3n) is 3.71. The van der Waals surface area contributed by atoms with E-state index in [-0.39, 0.29) is 19.7 Å². The number of carboxylic acid groups (broad SMARTS) is 1. The standard InChI is InChI=1S/C12H24N2O5S/c1-19-9-8-13-20(17,18)14-10-12(11(15)16)6-4-2-3-5-7-12/h13-14H,2-10H2,1H3,(H,15,16). The zero-order valence-corrected chi connectivity index (χ0v) is 12.7. The molecule has 1 fully saturated rings. The summed E-state index contributed by atoms with van der Waals surface area (Å²) in [6.07, 6.45) is 4.70. The van der Waals surface area contributed by atoms with Crippen molar-refractivity contribution in [3.8, 4) is 0 Å². The zero-order valence-electron chi connectivity index (χ0n) is 11.9. The van der Waals surface area contributed by atoms with Gasteiger partial charge in [0.05, 0.1) is 12.0 Å². The first kappa shape index (κ1) is 17.4. The predicted molar refractivity (Wildman–Crippen MR) is 74.6 cm³/mol. The molecule has 1 aliphatic carbocycles. The molecular formula is C12H24N2O5S. The predicted octanol–water partition coefficient (Wildman–Crippen LogP) is 0.482. The minimum absolute atomic E-state index is 0.0648. The third kappa shape index (κ3) is 5.35. The largest absolute Gasteiger partial charge is 0.481 e. The molecule has 1 aliphatic rings. The fourth-order valence-corrected chi connectivity index (χ4v) is 3.35. The molecule has 0 aromatic heterocycles. The van der Waals surface area contributed by atoms with Crippen LogP contribution in [-0.4, -0.2) is 46.3 Å². The zero-order chi connectivity index (χ0) is 15.1. The van der Waals surface area contributed by atoms with Gasteiger partial charge in [-0.15, -0.1) is 0 Å². The average Bonchev–Trinajstić information content (AvgIpc) is 2.63. The van der Waals surface area contributed by atoms with E-state index in [4.69, 9.17) is 4.74 Å². The topological polar surface area (TPSA) is 105 Å². The van der Waals surface area contributed by atoms with Crippen molar-refractivity contribution in [2.45, 2.75) is 38.5 Å². The van der Waals surface area contributed by atoms with Crippen LogP contribution in [0, 0.1) is 5.41 Å². The maximum atomic E-state index is 11.7. The SMILES string of the molecule is COCCNS(=O)(=O)NCC1(C(=O)O)CCCCCC1. The van der Waals surface area contributed by atoms with E-state index in [0.29, 0.717) is 12.8 Å². The number of methoxy groups -OCH3 is 1. The molecule has 0 atom stereocenters. The first-order chi connectivity index (χ1) is 9.42. The van der Waals surface area contributed by atoms with Crippen LogP contribution in [0.1, 0.15) is 38.5 Å². The molecule has 7 nitrogen and oxygen atoms in total. The van der Waals surface area contributed by atoms with E-state index in [0.717, 1.165) is 25.7 Å². The Morgan fingerprint density at radius 2 is 1.80 bits per heavy atom. The lowest BCUT2D eigenvalue weighted by Gasteiger charge is -2.28. The van der Waals surface area contributed by atoms with E-state index in [1.165, 1.54) is 7.11 Å². The summed E-state index contributed by atoms with van der Waals surface area (Å²) in [4.78, 5) is 11.5. The maximum Gasteiger partial charge on any atom is 0.310 e. The van der Waals surface area contributed by atoms with Gasteiger partial charge in [0.2, 0.25) is 0 Å². The lowest BCUT2D eigenvalue weighted by atomic mass is 9.80. The van der Waals surface area contributed by atoms with E-state index < -0.39 is 21.6 Å². The molecule has 0 amide bonds. The molecule has 0 radical (unpaired) electrons. The van der Waals surface area contributed by atoms with Gasteiger partial charge >= 0.3 is 5.97 Å². The highest BCUT2D eigenvalue weighted by Gasteiger charge is 2.39. The molecule has 0 aromatic carbocycles. The van der Waals surface area contributed by atoms with E-state index in [1.54, 1.807) is 0 Å². The normalized spacial score (nSPS) is 19.4. The number of ether oxygens (including phenoxy) is 1. The summed E-state index contributed by atoms with van der Waals surface area (Å²) in [5.41, 5.74) is -0.980. The van der Waals surface area contributed by atoms with Crippen molar-refractivity contribution in [1.82, 2.24) is 9.44 Å². The summed E-state index contributed by atoms with van der Waals surface area (Å²) in [5, 5.41) is 9.45. The van der Waals surface area contributed by atoms with E-state index in [9.17, 15) is 18.3 Å². The van der Waals surface area contributed by atoms with Gasteiger partial charge in [0.25, 0.3) is 10.2 Å². The van der Waals surface area contributed by atoms with Gasteiger partial charge in [-0.3, -0.25) is 4.79 Å². The van der Waals surface area contributed by atoms with Gasteiger partial charge in [-0.05, 0) is 12.8 Å². The Morgan fingerprint density at radius 1 is 1.20 bits per heavy atom. The number of hydrogen-bond donors (Lipinski definition) is 3. The Labute approximate surface area is 120 Å². The van der Waals surface area contributed by atoms with E-state index >= 15 is 0 Å². The Morgan fingerprint density at radius 3 is 2.30 bits per heavy atom. The molecule has 118 valence electrons. The van der Waals surface area contributed by atoms with Crippen molar-refractivity contribution in [3.05, 3.63) is 0 Å². The minimum Gasteiger partial charge on any atom is -0.481 e. The Bertz CT molecular complexity index is 402. The molecule has 0 aromatic rings. The second-order valence-corrected chi connectivity index (χ2v) is 6.80. The highest BCUT2D eigenvalue weighted by atomic mass is 32.2. The number of hydrogen-bond acceptors (Lipinski definition) is 4. The average molecular weight is 308 g/mol. The highest BCUT2D eigenvalue weighted by molar-refractivity contribution is 7.87. The number of nitrogens with one attached hydrogen (secondary N) is 2. The Kier molecular flexibility index (Phi) is 6.87. The van der Waals surface area contributed by atoms with Crippen molar-refractivity contribution >= 4 is 16.2 Å². The van der Waals surface area contributed by atoms with Gasteiger partial charge in [-0.2, -0.15) is 13.1 Å². The van der Waals surface area contributed by atoms with Gasteiger partial charge < -0.3 is 9.84 Å². The van der Waals surface area contributed by atoms with Gasteiger partial charge in [0.15, 0.2) is 0 Å². The molecule has 0 aliphatic heterocycles. The van der Waals surface area contributed by atoms with Crippen LogP contribution in [0.15, 0.2) is 0 Å². The first-order valence-electron chi connectivity index (χ1n) is 6.88. The summed E-state index contributed by atoms with van der Waals surface area (Å²) >= 11 is 0. The van der Waals surface area contributed by atoms with Crippen LogP contribution in [0.2, 0.25) is 0 Å². The Hall–Kier alpha value is -0.700. The molecule has 0 unspecified atom stereocenters. The Balaban J connectivity index is 2.60. The number of aliphatic carboxylic acids is 1. The summed E-state index contributed by atoms with van der Waals surface area (Å²) in [7, 11) is -2.20. The summed E-state index contributed by atoms with van der Waals surface area (Å²) < 4.78 is 32.9. The quantitative estimate of drug-likeness (QED) is 0.447. The lowest BCUT2D eigenvalue weighted by molar-refractivity contribution is -0.149. The molecule has 0 spiro atoms. The molecule has 20 heavy (non-hydrogen) atoms. The second-order valence-electron chi connectivity index (χ2n) is 5.21. The van der Waals surface area contributed by atoms with Gasteiger partial charge in [0.1, 0.15) is 0 Å². The lowest BCUT2D eigenvalue weighted by Crippen LogP contribution is -2.47. The molecule has 0 heterocycles. The van der Waals surface area contributed by atoms with Crippen LogP contribution in [0.5, 0.6) is 0 Å². The molecule has 8 heteroatoms. The minimum atomic E-state index is -3.68. The van der Waals surface area contributed by atoms with Crippen LogP contribution in [-0.2, 0) is 19.7 Å². The fourth-order valence-electron chi connectivity index (χ4n) is 2.43. The molecule has 3 N–H and O–H groups in total. The molecule has 0 bridgehead atoms. The van der Waals surface area contributed by atoms with Crippen molar-refractivity contribution in [2.24, 2.45) is 5.41 Å². The van der Waals surface area contributed by atoms with Crippen LogP contribution < -0.4 is 9.44 Å². The van der Waals surface area contributed by atoms with Crippen molar-refractivity contribution in [2.75, 3.05) is 26.8 Å². The van der Waals surface area contributed by atoms with E-state index in [1.807, 2.05) is 0 Å². The van der Waals surface area contributed by atoms with Crippen LogP contribution >= 0.6 is 0 Å². The molecule has 1 rings (SSSR count). The van der Waals surface area contributed by atoms with Crippen LogP contribution in [0.3, 0.4) is 0 Å². The number of carbonyl (C=O) groups is 1. The third-order valence-corrected chi connectivity index (χ3v) is 4.82. The summed E-state index contributed by atoms with van der Waals surface area (Å²) in [6.45, 7) is 0.363. The van der Waals surface area contributed by atoms with Crippen molar-refractivity contribution < 1.29 is 23.1 Å². The number of rotatable bonds is 8. The van der Waals surface area contributed by atoms with Crippen molar-refractivity contribution in [1.29, 1.82) is 0 Å². The van der Waals surface area contributed by atoms with E-state index in [2.05, 4.69) is 9.44 Å². The second kappa shape index (κ2) is 7.92. The van der Waals surface area contributed by atoms with Crippen molar-refractivity contribution in [3.63, 3.8) is 0 Å². The van der Waals surface area contributed by atoms with Gasteiger partial charge in [-0.1, -0.05) is 25.7 Å². The fraction of sp³-hybridized carbons (Fsp3) is 0.917. The smallest absolute Gasteiger partial charge is 0.310 e. The highest BCUT2D eigenvalue weighted by Crippen LogP contribution is 2.34. The summed E-state index contributed by atoms with van der Waals surface area (Å²) in [6, 6.07) is 0. The van der Waals surface area contributed by atoms with Gasteiger partial charge in [0, 0.05) is 20.2 Å². The van der Waals surface area contributed by atoms with Crippen LogP contribution in [0.4, 0.5) is 0 Å². The molecular weight excluding hydrogens is 284 g/mol. The van der Waals surface area contributed by atoms with Gasteiger partial charge in [-0.25, -0.2) is 4.72 Å². The van der Waals surface area contributed by atoms with Crippen LogP contribution in [0.25, 0.3) is 0 Å². The monoisotopic (exact) mass is 308 g/mol. The first-order valence-corrected chi connectivity index (χ1v) is 8.37. The molecule has 0 saturated heterocycles. The summed E-state index contributed by atoms with van der Waals surface area (Å²) in [5.74, 6) is -0.918.